The minimum Gasteiger partial charge on any atom is -0.277 e. The number of alkyl halides is 3. The molecule has 3 nitrogen and oxygen atoms in total. The molecule has 2 aromatic rings. The topological polar surface area (TPSA) is 46.2 Å². The van der Waals surface area contributed by atoms with E-state index < -0.39 is 38.2 Å². The zero-order valence-corrected chi connectivity index (χ0v) is 12.2. The molecule has 0 spiro atoms. The Bertz CT molecular complexity index is 806. The molecule has 0 aromatic heterocycles. The van der Waals surface area contributed by atoms with Crippen LogP contribution in [0, 0.1) is 5.82 Å². The lowest BCUT2D eigenvalue weighted by atomic mass is 10.2. The van der Waals surface area contributed by atoms with Crippen molar-refractivity contribution in [3.05, 3.63) is 58.9 Å². The first-order valence-corrected chi connectivity index (χ1v) is 7.61. The van der Waals surface area contributed by atoms with Crippen molar-refractivity contribution in [1.29, 1.82) is 0 Å². The number of rotatable bonds is 3. The van der Waals surface area contributed by atoms with Crippen LogP contribution in [0.4, 0.5) is 23.2 Å². The standard InChI is InChI=1S/C13H8ClF4NO2S/c14-8-5-6-11(10(15)7-8)19-22(20,21)12-4-2-1-3-9(12)13(16,17)18/h1-7,19H. The molecule has 0 aliphatic heterocycles. The molecule has 0 bridgehead atoms. The quantitative estimate of drug-likeness (QED) is 0.836. The van der Waals surface area contributed by atoms with E-state index in [1.807, 2.05) is 0 Å². The second kappa shape index (κ2) is 5.77. The highest BCUT2D eigenvalue weighted by Crippen LogP contribution is 2.34. The van der Waals surface area contributed by atoms with E-state index in [0.29, 0.717) is 6.07 Å². The summed E-state index contributed by atoms with van der Waals surface area (Å²) in [6.07, 6.45) is -4.86. The van der Waals surface area contributed by atoms with Crippen molar-refractivity contribution < 1.29 is 26.0 Å². The van der Waals surface area contributed by atoms with Crippen LogP contribution in [-0.2, 0) is 16.2 Å². The third-order valence-electron chi connectivity index (χ3n) is 2.66. The van der Waals surface area contributed by atoms with Crippen molar-refractivity contribution >= 4 is 27.3 Å². The second-order valence-electron chi connectivity index (χ2n) is 4.22. The fourth-order valence-electron chi connectivity index (χ4n) is 1.71. The van der Waals surface area contributed by atoms with E-state index >= 15 is 0 Å². The van der Waals surface area contributed by atoms with Gasteiger partial charge in [-0.3, -0.25) is 4.72 Å². The lowest BCUT2D eigenvalue weighted by Gasteiger charge is -2.14. The average Bonchev–Trinajstić information content (AvgIpc) is 2.41. The first-order chi connectivity index (χ1) is 10.1. The van der Waals surface area contributed by atoms with Crippen LogP contribution in [0.5, 0.6) is 0 Å². The molecule has 0 aliphatic carbocycles. The summed E-state index contributed by atoms with van der Waals surface area (Å²) in [5.41, 5.74) is -1.83. The van der Waals surface area contributed by atoms with Gasteiger partial charge in [0.1, 0.15) is 5.82 Å². The first kappa shape index (κ1) is 16.6. The third kappa shape index (κ3) is 3.50. The van der Waals surface area contributed by atoms with Crippen molar-refractivity contribution in [3.8, 4) is 0 Å². The van der Waals surface area contributed by atoms with Crippen LogP contribution in [0.25, 0.3) is 0 Å². The molecule has 0 saturated heterocycles. The molecule has 0 amide bonds. The van der Waals surface area contributed by atoms with Gasteiger partial charge in [-0.05, 0) is 30.3 Å². The van der Waals surface area contributed by atoms with Crippen LogP contribution in [0.3, 0.4) is 0 Å². The van der Waals surface area contributed by atoms with E-state index in [1.165, 1.54) is 6.07 Å². The maximum Gasteiger partial charge on any atom is 0.417 e. The Hall–Kier alpha value is -1.80. The number of halogens is 5. The molecule has 0 radical (unpaired) electrons. The summed E-state index contributed by atoms with van der Waals surface area (Å²) in [7, 11) is -4.62. The summed E-state index contributed by atoms with van der Waals surface area (Å²) in [6.45, 7) is 0. The average molecular weight is 354 g/mol. The number of hydrogen-bond donors (Lipinski definition) is 1. The minimum absolute atomic E-state index is 0.0242. The maximum absolute atomic E-state index is 13.6. The molecule has 0 fully saturated rings. The van der Waals surface area contributed by atoms with Gasteiger partial charge in [0.25, 0.3) is 10.0 Å². The van der Waals surface area contributed by atoms with Crippen molar-refractivity contribution in [2.45, 2.75) is 11.1 Å². The molecule has 1 N–H and O–H groups in total. The zero-order chi connectivity index (χ0) is 16.5. The Morgan fingerprint density at radius 1 is 1.05 bits per heavy atom. The number of hydrogen-bond acceptors (Lipinski definition) is 2. The van der Waals surface area contributed by atoms with Gasteiger partial charge in [-0.15, -0.1) is 0 Å². The molecule has 2 aromatic carbocycles. The number of benzene rings is 2. The minimum atomic E-state index is -4.86. The smallest absolute Gasteiger partial charge is 0.277 e. The molecule has 118 valence electrons. The molecule has 0 atom stereocenters. The van der Waals surface area contributed by atoms with E-state index in [2.05, 4.69) is 0 Å². The van der Waals surface area contributed by atoms with Crippen LogP contribution in [0.15, 0.2) is 47.4 Å². The van der Waals surface area contributed by atoms with Gasteiger partial charge < -0.3 is 0 Å². The predicted molar refractivity (Wildman–Crippen MR) is 73.7 cm³/mol. The highest BCUT2D eigenvalue weighted by Gasteiger charge is 2.37. The Morgan fingerprint density at radius 2 is 1.68 bits per heavy atom. The van der Waals surface area contributed by atoms with Crippen LogP contribution in [0.1, 0.15) is 5.56 Å². The maximum atomic E-state index is 13.6. The van der Waals surface area contributed by atoms with E-state index in [1.54, 1.807) is 4.72 Å². The van der Waals surface area contributed by atoms with Gasteiger partial charge in [-0.25, -0.2) is 12.8 Å². The Kier molecular flexibility index (Phi) is 4.35. The molecule has 22 heavy (non-hydrogen) atoms. The van der Waals surface area contributed by atoms with Crippen LogP contribution >= 0.6 is 11.6 Å². The van der Waals surface area contributed by atoms with Gasteiger partial charge in [0, 0.05) is 5.02 Å². The first-order valence-electron chi connectivity index (χ1n) is 5.75. The molecule has 0 heterocycles. The lowest BCUT2D eigenvalue weighted by Crippen LogP contribution is -2.19. The molecule has 0 unspecified atom stereocenters. The van der Waals surface area contributed by atoms with E-state index in [0.717, 1.165) is 30.3 Å². The SMILES string of the molecule is O=S(=O)(Nc1ccc(Cl)cc1F)c1ccccc1C(F)(F)F. The normalized spacial score (nSPS) is 12.2. The predicted octanol–water partition coefficient (Wildman–Crippen LogP) is 4.30. The largest absolute Gasteiger partial charge is 0.417 e. The number of nitrogens with one attached hydrogen (secondary N) is 1. The van der Waals surface area contributed by atoms with Crippen LogP contribution < -0.4 is 4.72 Å². The number of sulfonamides is 1. The summed E-state index contributed by atoms with van der Waals surface area (Å²) < 4.78 is 78.2. The van der Waals surface area contributed by atoms with Gasteiger partial charge >= 0.3 is 6.18 Å². The summed E-state index contributed by atoms with van der Waals surface area (Å²) in [6, 6.07) is 6.69. The highest BCUT2D eigenvalue weighted by molar-refractivity contribution is 7.92. The van der Waals surface area contributed by atoms with Crippen molar-refractivity contribution in [2.75, 3.05) is 4.72 Å². The molecular weight excluding hydrogens is 346 g/mol. The van der Waals surface area contributed by atoms with Gasteiger partial charge in [0.15, 0.2) is 0 Å². The van der Waals surface area contributed by atoms with Gasteiger partial charge in [0.2, 0.25) is 0 Å². The zero-order valence-electron chi connectivity index (χ0n) is 10.7. The highest BCUT2D eigenvalue weighted by atomic mass is 35.5. The van der Waals surface area contributed by atoms with Gasteiger partial charge in [-0.2, -0.15) is 13.2 Å². The van der Waals surface area contributed by atoms with Crippen molar-refractivity contribution in [1.82, 2.24) is 0 Å². The van der Waals surface area contributed by atoms with E-state index in [4.69, 9.17) is 11.6 Å². The molecule has 9 heteroatoms. The molecule has 0 aliphatic rings. The van der Waals surface area contributed by atoms with Crippen LogP contribution in [0.2, 0.25) is 5.02 Å². The molecule has 0 saturated carbocycles. The van der Waals surface area contributed by atoms with Gasteiger partial charge in [0.05, 0.1) is 16.1 Å². The third-order valence-corrected chi connectivity index (χ3v) is 4.32. The summed E-state index contributed by atoms with van der Waals surface area (Å²) in [5.74, 6) is -0.999. The van der Waals surface area contributed by atoms with Crippen LogP contribution in [-0.4, -0.2) is 8.42 Å². The van der Waals surface area contributed by atoms with E-state index in [-0.39, 0.29) is 5.02 Å². The summed E-state index contributed by atoms with van der Waals surface area (Å²) >= 11 is 5.52. The van der Waals surface area contributed by atoms with Crippen molar-refractivity contribution in [2.24, 2.45) is 0 Å². The lowest BCUT2D eigenvalue weighted by molar-refractivity contribution is -0.139. The monoisotopic (exact) mass is 353 g/mol. The van der Waals surface area contributed by atoms with Crippen molar-refractivity contribution in [3.63, 3.8) is 0 Å². The van der Waals surface area contributed by atoms with E-state index in [9.17, 15) is 26.0 Å². The fourth-order valence-corrected chi connectivity index (χ4v) is 3.16. The fraction of sp³-hybridized carbons (Fsp3) is 0.0769. The van der Waals surface area contributed by atoms with Gasteiger partial charge in [-0.1, -0.05) is 23.7 Å². The molecule has 2 rings (SSSR count). The molecular formula is C13H8ClF4NO2S. The number of anilines is 1. The Balaban J connectivity index is 2.48. The Labute approximate surface area is 128 Å². The summed E-state index contributed by atoms with van der Waals surface area (Å²) in [4.78, 5) is -0.989. The Morgan fingerprint density at radius 3 is 2.27 bits per heavy atom. The summed E-state index contributed by atoms with van der Waals surface area (Å²) in [5, 5.41) is 0.0242. The second-order valence-corrected chi connectivity index (χ2v) is 6.31.